The van der Waals surface area contributed by atoms with Crippen LogP contribution in [0.5, 0.6) is 0 Å². The summed E-state index contributed by atoms with van der Waals surface area (Å²) in [5, 5.41) is 10.4. The molecule has 0 saturated carbocycles. The van der Waals surface area contributed by atoms with E-state index in [1.807, 2.05) is 0 Å². The van der Waals surface area contributed by atoms with Crippen LogP contribution in [0.3, 0.4) is 0 Å². The van der Waals surface area contributed by atoms with Gasteiger partial charge in [-0.25, -0.2) is 0 Å². The van der Waals surface area contributed by atoms with Crippen LogP contribution < -0.4 is 5.73 Å². The summed E-state index contributed by atoms with van der Waals surface area (Å²) in [5.41, 5.74) is 9.47. The zero-order valence-corrected chi connectivity index (χ0v) is 10.3. The Bertz CT molecular complexity index is 502. The highest BCUT2D eigenvalue weighted by Gasteiger charge is 2.08. The molecule has 2 aromatic rings. The highest BCUT2D eigenvalue weighted by atomic mass is 16.3. The fraction of sp³-hybridized carbons (Fsp3) is 0.429. The number of aliphatic hydroxyl groups is 1. The molecule has 0 aliphatic heterocycles. The van der Waals surface area contributed by atoms with Crippen LogP contribution in [-0.4, -0.2) is 22.8 Å². The molecule has 0 bridgehead atoms. The molecule has 0 atom stereocenters. The maximum atomic E-state index is 9.07. The van der Waals surface area contributed by atoms with Crippen molar-refractivity contribution in [3.63, 3.8) is 0 Å². The van der Waals surface area contributed by atoms with Gasteiger partial charge in [-0.05, 0) is 42.6 Å². The van der Waals surface area contributed by atoms with Crippen LogP contribution >= 0.6 is 0 Å². The van der Waals surface area contributed by atoms with Gasteiger partial charge in [-0.2, -0.15) is 0 Å². The highest BCUT2D eigenvalue weighted by Crippen LogP contribution is 2.23. The Morgan fingerprint density at radius 3 is 2.82 bits per heavy atom. The molecule has 0 spiro atoms. The van der Waals surface area contributed by atoms with Crippen LogP contribution in [0.2, 0.25) is 0 Å². The molecule has 1 heterocycles. The first-order valence-electron chi connectivity index (χ1n) is 6.21. The van der Waals surface area contributed by atoms with Crippen LogP contribution in [-0.2, 0) is 19.4 Å². The molecule has 0 amide bonds. The van der Waals surface area contributed by atoms with Crippen LogP contribution in [0.1, 0.15) is 18.1 Å². The maximum Gasteiger partial charge on any atom is 0.0610 e. The molecule has 0 saturated heterocycles. The summed E-state index contributed by atoms with van der Waals surface area (Å²) in [6, 6.07) is 6.54. The molecule has 1 aromatic heterocycles. The van der Waals surface area contributed by atoms with E-state index in [2.05, 4.69) is 35.9 Å². The lowest BCUT2D eigenvalue weighted by Crippen LogP contribution is -2.02. The number of benzene rings is 1. The summed E-state index contributed by atoms with van der Waals surface area (Å²) in [6.07, 6.45) is 4.05. The molecule has 0 fully saturated rings. The second kappa shape index (κ2) is 5.34. The monoisotopic (exact) mass is 232 g/mol. The maximum absolute atomic E-state index is 9.07. The molecule has 3 N–H and O–H groups in total. The van der Waals surface area contributed by atoms with Gasteiger partial charge in [0.15, 0.2) is 0 Å². The summed E-state index contributed by atoms with van der Waals surface area (Å²) in [7, 11) is 0. The van der Waals surface area contributed by atoms with E-state index >= 15 is 0 Å². The normalized spacial score (nSPS) is 11.2. The smallest absolute Gasteiger partial charge is 0.0610 e. The Morgan fingerprint density at radius 1 is 1.35 bits per heavy atom. The number of rotatable bonds is 5. The molecule has 0 unspecified atom stereocenters. The van der Waals surface area contributed by atoms with Gasteiger partial charge in [0.05, 0.1) is 6.61 Å². The fourth-order valence-corrected chi connectivity index (χ4v) is 2.29. The average Bonchev–Trinajstić information content (AvgIpc) is 2.68. The largest absolute Gasteiger partial charge is 0.395 e. The van der Waals surface area contributed by atoms with Crippen molar-refractivity contribution in [3.05, 3.63) is 35.5 Å². The number of aryl methyl sites for hydroxylation is 1. The summed E-state index contributed by atoms with van der Waals surface area (Å²) in [5.74, 6) is 0. The molecule has 0 aliphatic rings. The first kappa shape index (κ1) is 12.1. The Hall–Kier alpha value is -1.32. The summed E-state index contributed by atoms with van der Waals surface area (Å²) < 4.78 is 2.11. The lowest BCUT2D eigenvalue weighted by molar-refractivity contribution is 0.278. The van der Waals surface area contributed by atoms with Crippen LogP contribution in [0.15, 0.2) is 24.4 Å². The van der Waals surface area contributed by atoms with E-state index in [9.17, 15) is 0 Å². The third kappa shape index (κ3) is 2.35. The minimum atomic E-state index is 0.168. The SMILES string of the molecule is CCc1ccc2c(c1)c(CCN)cn2CCO. The van der Waals surface area contributed by atoms with E-state index in [-0.39, 0.29) is 6.61 Å². The van der Waals surface area contributed by atoms with Gasteiger partial charge in [0.2, 0.25) is 0 Å². The van der Waals surface area contributed by atoms with Crippen molar-refractivity contribution in [1.82, 2.24) is 4.57 Å². The standard InChI is InChI=1S/C14H20N2O/c1-2-11-3-4-14-13(9-11)12(5-6-15)10-16(14)7-8-17/h3-4,9-10,17H,2,5-8,15H2,1H3. The number of hydrogen-bond donors (Lipinski definition) is 2. The second-order valence-corrected chi connectivity index (χ2v) is 4.32. The molecule has 2 rings (SSSR count). The summed E-state index contributed by atoms with van der Waals surface area (Å²) in [4.78, 5) is 0. The number of nitrogens with zero attached hydrogens (tertiary/aromatic N) is 1. The Morgan fingerprint density at radius 2 is 2.18 bits per heavy atom. The van der Waals surface area contributed by atoms with E-state index in [0.29, 0.717) is 13.1 Å². The Labute approximate surface area is 102 Å². The summed E-state index contributed by atoms with van der Waals surface area (Å²) in [6.45, 7) is 3.64. The Kier molecular flexibility index (Phi) is 3.82. The van der Waals surface area contributed by atoms with Crippen molar-refractivity contribution in [3.8, 4) is 0 Å². The van der Waals surface area contributed by atoms with Gasteiger partial charge in [-0.3, -0.25) is 0 Å². The van der Waals surface area contributed by atoms with Crippen LogP contribution in [0.4, 0.5) is 0 Å². The first-order chi connectivity index (χ1) is 8.30. The molecule has 3 heteroatoms. The predicted molar refractivity (Wildman–Crippen MR) is 71.2 cm³/mol. The number of aromatic nitrogens is 1. The molecule has 0 radical (unpaired) electrons. The van der Waals surface area contributed by atoms with E-state index < -0.39 is 0 Å². The van der Waals surface area contributed by atoms with Gasteiger partial charge < -0.3 is 15.4 Å². The first-order valence-corrected chi connectivity index (χ1v) is 6.21. The Balaban J connectivity index is 2.54. The molecule has 1 aromatic carbocycles. The van der Waals surface area contributed by atoms with Gasteiger partial charge in [0.1, 0.15) is 0 Å². The van der Waals surface area contributed by atoms with Gasteiger partial charge in [0, 0.05) is 23.6 Å². The molecular weight excluding hydrogens is 212 g/mol. The molecule has 92 valence electrons. The second-order valence-electron chi connectivity index (χ2n) is 4.32. The van der Waals surface area contributed by atoms with Crippen LogP contribution in [0.25, 0.3) is 10.9 Å². The molecular formula is C14H20N2O. The molecule has 0 aliphatic carbocycles. The molecule has 17 heavy (non-hydrogen) atoms. The fourth-order valence-electron chi connectivity index (χ4n) is 2.29. The minimum absolute atomic E-state index is 0.168. The van der Waals surface area contributed by atoms with Crippen molar-refractivity contribution in [1.29, 1.82) is 0 Å². The van der Waals surface area contributed by atoms with Gasteiger partial charge in [0.25, 0.3) is 0 Å². The van der Waals surface area contributed by atoms with E-state index in [4.69, 9.17) is 10.8 Å². The van der Waals surface area contributed by atoms with Gasteiger partial charge >= 0.3 is 0 Å². The van der Waals surface area contributed by atoms with E-state index in [1.54, 1.807) is 0 Å². The van der Waals surface area contributed by atoms with Crippen molar-refractivity contribution in [2.75, 3.05) is 13.2 Å². The highest BCUT2D eigenvalue weighted by molar-refractivity contribution is 5.84. The van der Waals surface area contributed by atoms with Crippen molar-refractivity contribution < 1.29 is 5.11 Å². The van der Waals surface area contributed by atoms with E-state index in [0.717, 1.165) is 12.8 Å². The van der Waals surface area contributed by atoms with E-state index in [1.165, 1.54) is 22.0 Å². The zero-order valence-electron chi connectivity index (χ0n) is 10.3. The third-order valence-electron chi connectivity index (χ3n) is 3.19. The van der Waals surface area contributed by atoms with Crippen molar-refractivity contribution >= 4 is 10.9 Å². The van der Waals surface area contributed by atoms with Crippen LogP contribution in [0, 0.1) is 0 Å². The zero-order chi connectivity index (χ0) is 12.3. The molecule has 3 nitrogen and oxygen atoms in total. The minimum Gasteiger partial charge on any atom is -0.395 e. The van der Waals surface area contributed by atoms with Gasteiger partial charge in [-0.1, -0.05) is 13.0 Å². The number of nitrogens with two attached hydrogens (primary N) is 1. The summed E-state index contributed by atoms with van der Waals surface area (Å²) >= 11 is 0. The average molecular weight is 232 g/mol. The third-order valence-corrected chi connectivity index (χ3v) is 3.19. The quantitative estimate of drug-likeness (QED) is 0.824. The lowest BCUT2D eigenvalue weighted by Gasteiger charge is -2.03. The number of fused-ring (bicyclic) bond motifs is 1. The lowest BCUT2D eigenvalue weighted by atomic mass is 10.1. The van der Waals surface area contributed by atoms with Crippen molar-refractivity contribution in [2.45, 2.75) is 26.3 Å². The topological polar surface area (TPSA) is 51.2 Å². The number of hydrogen-bond acceptors (Lipinski definition) is 2. The van der Waals surface area contributed by atoms with Gasteiger partial charge in [-0.15, -0.1) is 0 Å². The predicted octanol–water partition coefficient (Wildman–Crippen LogP) is 1.70. The number of aliphatic hydroxyl groups excluding tert-OH is 1. The van der Waals surface area contributed by atoms with Crippen molar-refractivity contribution in [2.24, 2.45) is 5.73 Å².